The van der Waals surface area contributed by atoms with Crippen molar-refractivity contribution in [2.24, 2.45) is 5.92 Å². The fraction of sp³-hybridized carbons (Fsp3) is 0.545. The molecule has 15 heavy (non-hydrogen) atoms. The van der Waals surface area contributed by atoms with Crippen molar-refractivity contribution in [2.45, 2.75) is 13.0 Å². The van der Waals surface area contributed by atoms with Crippen molar-refractivity contribution in [1.29, 1.82) is 0 Å². The summed E-state index contributed by atoms with van der Waals surface area (Å²) < 4.78 is 5.22. The summed E-state index contributed by atoms with van der Waals surface area (Å²) in [7, 11) is 0. The molecule has 1 amide bonds. The van der Waals surface area contributed by atoms with Crippen molar-refractivity contribution in [3.8, 4) is 0 Å². The molecule has 3 rings (SSSR count). The normalized spacial score (nSPS) is 28.7. The first-order chi connectivity index (χ1) is 7.27. The van der Waals surface area contributed by atoms with Gasteiger partial charge in [0.15, 0.2) is 5.76 Å². The lowest BCUT2D eigenvalue weighted by Crippen LogP contribution is -2.58. The first kappa shape index (κ1) is 8.97. The molecule has 2 unspecified atom stereocenters. The largest absolute Gasteiger partial charge is 0.459 e. The van der Waals surface area contributed by atoms with Gasteiger partial charge in [-0.15, -0.1) is 0 Å². The standard InChI is InChI=1S/C11H14N2O2/c1-7-2-3-15-10(7)11(14)13-6-8-4-12-5-9(8)13/h2-3,8-9,12H,4-6H2,1H3. The average molecular weight is 206 g/mol. The molecule has 0 radical (unpaired) electrons. The molecule has 1 aromatic rings. The number of nitrogens with zero attached hydrogens (tertiary/aromatic N) is 1. The smallest absolute Gasteiger partial charge is 0.290 e. The van der Waals surface area contributed by atoms with Crippen molar-refractivity contribution < 1.29 is 9.21 Å². The van der Waals surface area contributed by atoms with Crippen LogP contribution in [0.15, 0.2) is 16.7 Å². The van der Waals surface area contributed by atoms with Gasteiger partial charge in [-0.1, -0.05) is 0 Å². The molecule has 2 aliphatic heterocycles. The fourth-order valence-corrected chi connectivity index (χ4v) is 2.48. The summed E-state index contributed by atoms with van der Waals surface area (Å²) in [6.45, 7) is 4.75. The molecule has 0 aromatic carbocycles. The summed E-state index contributed by atoms with van der Waals surface area (Å²) in [6, 6.07) is 2.22. The molecule has 0 spiro atoms. The highest BCUT2D eigenvalue weighted by Crippen LogP contribution is 2.30. The highest BCUT2D eigenvalue weighted by Gasteiger charge is 2.45. The zero-order valence-corrected chi connectivity index (χ0v) is 8.69. The van der Waals surface area contributed by atoms with Crippen LogP contribution in [0, 0.1) is 12.8 Å². The number of carbonyl (C=O) groups is 1. The molecule has 2 saturated heterocycles. The Labute approximate surface area is 88.2 Å². The number of likely N-dealkylation sites (tertiary alicyclic amines) is 1. The van der Waals surface area contributed by atoms with Crippen molar-refractivity contribution >= 4 is 5.91 Å². The number of furan rings is 1. The summed E-state index contributed by atoms with van der Waals surface area (Å²) in [6.07, 6.45) is 1.58. The number of nitrogens with one attached hydrogen (secondary N) is 1. The monoisotopic (exact) mass is 206 g/mol. The highest BCUT2D eigenvalue weighted by molar-refractivity contribution is 5.93. The second kappa shape index (κ2) is 3.10. The van der Waals surface area contributed by atoms with Gasteiger partial charge >= 0.3 is 0 Å². The van der Waals surface area contributed by atoms with Crippen LogP contribution in [0.3, 0.4) is 0 Å². The molecular formula is C11H14N2O2. The molecule has 0 saturated carbocycles. The molecule has 4 heteroatoms. The number of hydrogen-bond acceptors (Lipinski definition) is 3. The molecule has 0 bridgehead atoms. The maximum absolute atomic E-state index is 12.1. The third-order valence-electron chi connectivity index (χ3n) is 3.45. The average Bonchev–Trinajstić information content (AvgIpc) is 2.74. The van der Waals surface area contributed by atoms with Crippen LogP contribution in [0.5, 0.6) is 0 Å². The lowest BCUT2D eigenvalue weighted by Gasteiger charge is -2.43. The van der Waals surface area contributed by atoms with Gasteiger partial charge in [-0.25, -0.2) is 0 Å². The van der Waals surface area contributed by atoms with Gasteiger partial charge in [0.25, 0.3) is 5.91 Å². The van der Waals surface area contributed by atoms with Crippen LogP contribution in [-0.2, 0) is 0 Å². The topological polar surface area (TPSA) is 45.5 Å². The lowest BCUT2D eigenvalue weighted by molar-refractivity contribution is 0.0296. The Kier molecular flexibility index (Phi) is 1.85. The van der Waals surface area contributed by atoms with Crippen LogP contribution in [-0.4, -0.2) is 36.5 Å². The van der Waals surface area contributed by atoms with Gasteiger partial charge in [-0.2, -0.15) is 0 Å². The van der Waals surface area contributed by atoms with Gasteiger partial charge in [0.2, 0.25) is 0 Å². The minimum absolute atomic E-state index is 0.0439. The summed E-state index contributed by atoms with van der Waals surface area (Å²) in [4.78, 5) is 14.0. The number of aryl methyl sites for hydroxylation is 1. The molecule has 4 nitrogen and oxygen atoms in total. The first-order valence-corrected chi connectivity index (χ1v) is 5.33. The molecule has 3 heterocycles. The van der Waals surface area contributed by atoms with E-state index in [1.165, 1.54) is 0 Å². The SMILES string of the molecule is Cc1ccoc1C(=O)N1CC2CNCC21. The summed E-state index contributed by atoms with van der Waals surface area (Å²) in [5.74, 6) is 1.20. The zero-order valence-electron chi connectivity index (χ0n) is 8.69. The number of fused-ring (bicyclic) bond motifs is 1. The van der Waals surface area contributed by atoms with Crippen molar-refractivity contribution in [2.75, 3.05) is 19.6 Å². The third-order valence-corrected chi connectivity index (χ3v) is 3.45. The fourth-order valence-electron chi connectivity index (χ4n) is 2.48. The quantitative estimate of drug-likeness (QED) is 0.733. The predicted molar refractivity (Wildman–Crippen MR) is 54.6 cm³/mol. The van der Waals surface area contributed by atoms with Gasteiger partial charge in [0, 0.05) is 31.1 Å². The van der Waals surface area contributed by atoms with E-state index in [0.29, 0.717) is 17.7 Å². The molecule has 2 fully saturated rings. The van der Waals surface area contributed by atoms with Crippen LogP contribution in [0.2, 0.25) is 0 Å². The van der Waals surface area contributed by atoms with E-state index >= 15 is 0 Å². The third kappa shape index (κ3) is 1.21. The van der Waals surface area contributed by atoms with Crippen LogP contribution in [0.25, 0.3) is 0 Å². The zero-order chi connectivity index (χ0) is 10.4. The van der Waals surface area contributed by atoms with Gasteiger partial charge in [0.05, 0.1) is 12.3 Å². The number of hydrogen-bond donors (Lipinski definition) is 1. The van der Waals surface area contributed by atoms with E-state index in [4.69, 9.17) is 4.42 Å². The Morgan fingerprint density at radius 2 is 2.47 bits per heavy atom. The van der Waals surface area contributed by atoms with Gasteiger partial charge in [-0.3, -0.25) is 4.79 Å². The Bertz CT molecular complexity index is 399. The molecule has 2 aliphatic rings. The molecular weight excluding hydrogens is 192 g/mol. The molecule has 1 N–H and O–H groups in total. The summed E-state index contributed by atoms with van der Waals surface area (Å²) in [5.41, 5.74) is 0.925. The van der Waals surface area contributed by atoms with Gasteiger partial charge in [-0.05, 0) is 13.0 Å². The maximum atomic E-state index is 12.1. The first-order valence-electron chi connectivity index (χ1n) is 5.33. The molecule has 80 valence electrons. The van der Waals surface area contributed by atoms with Crippen LogP contribution in [0.1, 0.15) is 16.1 Å². The maximum Gasteiger partial charge on any atom is 0.290 e. The Hall–Kier alpha value is -1.29. The van der Waals surface area contributed by atoms with E-state index in [2.05, 4.69) is 5.32 Å². The number of rotatable bonds is 1. The highest BCUT2D eigenvalue weighted by atomic mass is 16.3. The summed E-state index contributed by atoms with van der Waals surface area (Å²) in [5, 5.41) is 3.30. The second-order valence-electron chi connectivity index (χ2n) is 4.38. The van der Waals surface area contributed by atoms with E-state index in [0.717, 1.165) is 25.2 Å². The van der Waals surface area contributed by atoms with Crippen LogP contribution >= 0.6 is 0 Å². The van der Waals surface area contributed by atoms with E-state index in [1.54, 1.807) is 6.26 Å². The minimum Gasteiger partial charge on any atom is -0.459 e. The van der Waals surface area contributed by atoms with Gasteiger partial charge in [0.1, 0.15) is 0 Å². The number of carbonyl (C=O) groups excluding carboxylic acids is 1. The van der Waals surface area contributed by atoms with E-state index < -0.39 is 0 Å². The molecule has 2 atom stereocenters. The molecule has 0 aliphatic carbocycles. The molecule has 1 aromatic heterocycles. The Balaban J connectivity index is 1.79. The van der Waals surface area contributed by atoms with Crippen molar-refractivity contribution in [1.82, 2.24) is 10.2 Å². The number of amides is 1. The van der Waals surface area contributed by atoms with Crippen molar-refractivity contribution in [3.63, 3.8) is 0 Å². The Morgan fingerprint density at radius 3 is 3.13 bits per heavy atom. The van der Waals surface area contributed by atoms with E-state index in [1.807, 2.05) is 17.9 Å². The second-order valence-corrected chi connectivity index (χ2v) is 4.38. The van der Waals surface area contributed by atoms with E-state index in [9.17, 15) is 4.79 Å². The Morgan fingerprint density at radius 1 is 1.60 bits per heavy atom. The predicted octanol–water partition coefficient (Wildman–Crippen LogP) is 0.632. The van der Waals surface area contributed by atoms with Crippen molar-refractivity contribution in [3.05, 3.63) is 23.7 Å². The summed E-state index contributed by atoms with van der Waals surface area (Å²) >= 11 is 0. The van der Waals surface area contributed by atoms with Gasteiger partial charge < -0.3 is 14.6 Å². The van der Waals surface area contributed by atoms with E-state index in [-0.39, 0.29) is 5.91 Å². The van der Waals surface area contributed by atoms with Crippen LogP contribution in [0.4, 0.5) is 0 Å². The van der Waals surface area contributed by atoms with Crippen LogP contribution < -0.4 is 5.32 Å². The lowest BCUT2D eigenvalue weighted by atomic mass is 9.91. The minimum atomic E-state index is 0.0439.